The van der Waals surface area contributed by atoms with Gasteiger partial charge in [0, 0.05) is 40.5 Å². The molecule has 0 bridgehead atoms. The van der Waals surface area contributed by atoms with Crippen LogP contribution in [0.15, 0.2) is 77.8 Å². The molecule has 2 aliphatic rings. The Morgan fingerprint density at radius 2 is 1.80 bits per heavy atom. The Morgan fingerprint density at radius 1 is 1.02 bits per heavy atom. The number of nitrogens with one attached hydrogen (secondary N) is 4. The van der Waals surface area contributed by atoms with E-state index in [1.165, 1.54) is 0 Å². The standard InChI is InChI=1S/C31H35ClN6O3/c1-3-33-29(40)19-26-31-37-36-20(2)38(31)27-16-15-24(18-25(27)30(35-26)21-11-13-22(32)14-12-21)41-17-7-10-28(39)34-23-8-5-4-6-9-23/h4-6,8-9,11-16,18,20,26,31,36-37H,3,7,10,17,19H2,1-2H3,(H,33,40)(H,34,39). The first kappa shape index (κ1) is 28.6. The molecule has 2 amide bonds. The Kier molecular flexibility index (Phi) is 9.18. The molecule has 0 saturated carbocycles. The molecule has 41 heavy (non-hydrogen) atoms. The van der Waals surface area contributed by atoms with Crippen molar-refractivity contribution in [2.24, 2.45) is 4.99 Å². The lowest BCUT2D eigenvalue weighted by Gasteiger charge is -2.31. The molecule has 3 atom stereocenters. The predicted octanol–water partition coefficient (Wildman–Crippen LogP) is 4.47. The molecule has 3 aromatic carbocycles. The molecule has 5 rings (SSSR count). The molecule has 2 aliphatic heterocycles. The summed E-state index contributed by atoms with van der Waals surface area (Å²) in [6.45, 7) is 4.92. The first-order valence-electron chi connectivity index (χ1n) is 13.9. The van der Waals surface area contributed by atoms with Gasteiger partial charge in [-0.15, -0.1) is 0 Å². The molecule has 1 saturated heterocycles. The number of ether oxygens (including phenoxy) is 1. The number of halogens is 1. The molecule has 3 unspecified atom stereocenters. The molecule has 0 spiro atoms. The Balaban J connectivity index is 1.39. The van der Waals surface area contributed by atoms with E-state index in [0.29, 0.717) is 36.8 Å². The van der Waals surface area contributed by atoms with Crippen LogP contribution in [0.2, 0.25) is 5.02 Å². The number of anilines is 2. The number of rotatable bonds is 10. The maximum atomic E-state index is 12.7. The SMILES string of the molecule is CCNC(=O)CC1N=C(c2ccc(Cl)cc2)c2cc(OCCCC(=O)Nc3ccccc3)ccc2N2C(C)NNC12. The summed E-state index contributed by atoms with van der Waals surface area (Å²) < 4.78 is 6.11. The molecule has 10 heteroatoms. The first-order valence-corrected chi connectivity index (χ1v) is 14.3. The number of amides is 2. The van der Waals surface area contributed by atoms with Crippen LogP contribution in [0.5, 0.6) is 5.75 Å². The molecule has 2 heterocycles. The maximum Gasteiger partial charge on any atom is 0.224 e. The van der Waals surface area contributed by atoms with Crippen LogP contribution in [-0.2, 0) is 9.59 Å². The lowest BCUT2D eigenvalue weighted by Crippen LogP contribution is -2.47. The summed E-state index contributed by atoms with van der Waals surface area (Å²) in [6.07, 6.45) is 0.886. The van der Waals surface area contributed by atoms with Gasteiger partial charge in [0.1, 0.15) is 11.9 Å². The second kappa shape index (κ2) is 13.2. The van der Waals surface area contributed by atoms with Gasteiger partial charge in [-0.3, -0.25) is 14.6 Å². The number of para-hydroxylation sites is 1. The zero-order valence-corrected chi connectivity index (χ0v) is 23.9. The van der Waals surface area contributed by atoms with E-state index < -0.39 is 0 Å². The van der Waals surface area contributed by atoms with E-state index in [4.69, 9.17) is 21.3 Å². The molecule has 0 aromatic heterocycles. The number of benzene rings is 3. The zero-order chi connectivity index (χ0) is 28.8. The van der Waals surface area contributed by atoms with Crippen molar-refractivity contribution in [2.75, 3.05) is 23.4 Å². The summed E-state index contributed by atoms with van der Waals surface area (Å²) in [5, 5.41) is 6.44. The second-order valence-corrected chi connectivity index (χ2v) is 10.5. The minimum absolute atomic E-state index is 0.0369. The third-order valence-electron chi connectivity index (χ3n) is 7.08. The van der Waals surface area contributed by atoms with E-state index in [9.17, 15) is 9.59 Å². The Morgan fingerprint density at radius 3 is 2.56 bits per heavy atom. The van der Waals surface area contributed by atoms with Crippen LogP contribution < -0.4 is 31.1 Å². The first-order chi connectivity index (χ1) is 19.9. The highest BCUT2D eigenvalue weighted by atomic mass is 35.5. The van der Waals surface area contributed by atoms with Crippen LogP contribution in [0.3, 0.4) is 0 Å². The fourth-order valence-corrected chi connectivity index (χ4v) is 5.30. The van der Waals surface area contributed by atoms with Gasteiger partial charge in [-0.05, 0) is 62.7 Å². The highest BCUT2D eigenvalue weighted by Crippen LogP contribution is 2.36. The highest BCUT2D eigenvalue weighted by Gasteiger charge is 2.40. The van der Waals surface area contributed by atoms with Gasteiger partial charge in [0.15, 0.2) is 0 Å². The largest absolute Gasteiger partial charge is 0.494 e. The lowest BCUT2D eigenvalue weighted by molar-refractivity contribution is -0.121. The average Bonchev–Trinajstić information content (AvgIpc) is 3.29. The third-order valence-corrected chi connectivity index (χ3v) is 7.33. The number of fused-ring (bicyclic) bond motifs is 3. The fraction of sp³-hybridized carbons (Fsp3) is 0.323. The molecule has 0 radical (unpaired) electrons. The average molecular weight is 575 g/mol. The summed E-state index contributed by atoms with van der Waals surface area (Å²) in [4.78, 5) is 32.4. The smallest absolute Gasteiger partial charge is 0.224 e. The number of hydrogen-bond acceptors (Lipinski definition) is 7. The van der Waals surface area contributed by atoms with Crippen LogP contribution in [0.1, 0.15) is 44.2 Å². The lowest BCUT2D eigenvalue weighted by atomic mass is 9.99. The monoisotopic (exact) mass is 574 g/mol. The fourth-order valence-electron chi connectivity index (χ4n) is 5.17. The van der Waals surface area contributed by atoms with E-state index in [1.54, 1.807) is 0 Å². The second-order valence-electron chi connectivity index (χ2n) is 10.1. The number of hydrazine groups is 1. The molecular formula is C31H35ClN6O3. The predicted molar refractivity (Wildman–Crippen MR) is 162 cm³/mol. The van der Waals surface area contributed by atoms with Gasteiger partial charge in [-0.2, -0.15) is 0 Å². The summed E-state index contributed by atoms with van der Waals surface area (Å²) in [6, 6.07) is 22.6. The quantitative estimate of drug-likeness (QED) is 0.266. The summed E-state index contributed by atoms with van der Waals surface area (Å²) in [5.74, 6) is 0.579. The van der Waals surface area contributed by atoms with Gasteiger partial charge in [-0.25, -0.2) is 10.9 Å². The van der Waals surface area contributed by atoms with Crippen LogP contribution in [-0.4, -0.2) is 49.1 Å². The van der Waals surface area contributed by atoms with Crippen molar-refractivity contribution in [3.05, 3.63) is 88.9 Å². The third kappa shape index (κ3) is 6.87. The normalized spacial score (nSPS) is 19.4. The van der Waals surface area contributed by atoms with E-state index >= 15 is 0 Å². The molecule has 9 nitrogen and oxygen atoms in total. The van der Waals surface area contributed by atoms with Crippen LogP contribution >= 0.6 is 11.6 Å². The van der Waals surface area contributed by atoms with E-state index in [2.05, 4.69) is 33.3 Å². The van der Waals surface area contributed by atoms with Crippen molar-refractivity contribution in [2.45, 2.75) is 51.5 Å². The van der Waals surface area contributed by atoms with Gasteiger partial charge in [0.2, 0.25) is 11.8 Å². The van der Waals surface area contributed by atoms with Crippen molar-refractivity contribution in [1.29, 1.82) is 0 Å². The van der Waals surface area contributed by atoms with Gasteiger partial charge in [-0.1, -0.05) is 41.9 Å². The zero-order valence-electron chi connectivity index (χ0n) is 23.2. The van der Waals surface area contributed by atoms with Gasteiger partial charge >= 0.3 is 0 Å². The van der Waals surface area contributed by atoms with Crippen LogP contribution in [0, 0.1) is 0 Å². The van der Waals surface area contributed by atoms with Gasteiger partial charge in [0.25, 0.3) is 0 Å². The molecular weight excluding hydrogens is 540 g/mol. The van der Waals surface area contributed by atoms with E-state index in [0.717, 1.165) is 28.2 Å². The topological polar surface area (TPSA) is 107 Å². The molecule has 0 aliphatic carbocycles. The number of carbonyl (C=O) groups is 2. The number of hydrogen-bond donors (Lipinski definition) is 4. The maximum absolute atomic E-state index is 12.7. The number of aliphatic imine (C=N–C) groups is 1. The van der Waals surface area contributed by atoms with Gasteiger partial charge < -0.3 is 20.3 Å². The van der Waals surface area contributed by atoms with Crippen molar-refractivity contribution >= 4 is 40.5 Å². The molecule has 1 fully saturated rings. The minimum Gasteiger partial charge on any atom is -0.494 e. The van der Waals surface area contributed by atoms with Crippen LogP contribution in [0.4, 0.5) is 11.4 Å². The van der Waals surface area contributed by atoms with Crippen molar-refractivity contribution < 1.29 is 14.3 Å². The number of nitrogens with zero attached hydrogens (tertiary/aromatic N) is 2. The van der Waals surface area contributed by atoms with Crippen LogP contribution in [0.25, 0.3) is 0 Å². The molecule has 4 N–H and O–H groups in total. The number of carbonyl (C=O) groups excluding carboxylic acids is 2. The van der Waals surface area contributed by atoms with Gasteiger partial charge in [0.05, 0.1) is 30.9 Å². The summed E-state index contributed by atoms with van der Waals surface area (Å²) in [7, 11) is 0. The van der Waals surface area contributed by atoms with E-state index in [-0.39, 0.29) is 36.6 Å². The van der Waals surface area contributed by atoms with E-state index in [1.807, 2.05) is 79.7 Å². The van der Waals surface area contributed by atoms with Crippen molar-refractivity contribution in [1.82, 2.24) is 16.2 Å². The van der Waals surface area contributed by atoms with Crippen molar-refractivity contribution in [3.8, 4) is 5.75 Å². The molecule has 3 aromatic rings. The Labute approximate surface area is 245 Å². The van der Waals surface area contributed by atoms with Crippen molar-refractivity contribution in [3.63, 3.8) is 0 Å². The minimum atomic E-state index is -0.357. The Bertz CT molecular complexity index is 1400. The summed E-state index contributed by atoms with van der Waals surface area (Å²) >= 11 is 6.21. The molecule has 214 valence electrons. The summed E-state index contributed by atoms with van der Waals surface area (Å²) in [5.41, 5.74) is 11.0. The Hall–Kier alpha value is -3.92. The highest BCUT2D eigenvalue weighted by molar-refractivity contribution is 6.30.